The van der Waals surface area contributed by atoms with Crippen molar-refractivity contribution >= 4 is 17.7 Å². The van der Waals surface area contributed by atoms with Gasteiger partial charge in [0, 0.05) is 18.2 Å². The Hall–Kier alpha value is -1.82. The zero-order chi connectivity index (χ0) is 18.5. The summed E-state index contributed by atoms with van der Waals surface area (Å²) in [5, 5.41) is 12.6. The van der Waals surface area contributed by atoms with E-state index in [1.165, 1.54) is 30.2 Å². The van der Waals surface area contributed by atoms with Gasteiger partial charge in [0.1, 0.15) is 0 Å². The number of thioether (sulfide) groups is 1. The van der Waals surface area contributed by atoms with Gasteiger partial charge in [0.05, 0.1) is 5.25 Å². The number of nitrogens with zero attached hydrogens (tertiary/aromatic N) is 3. The first-order chi connectivity index (χ1) is 12.6. The van der Waals surface area contributed by atoms with Crippen molar-refractivity contribution in [1.82, 2.24) is 20.1 Å². The molecule has 1 N–H and O–H groups in total. The van der Waals surface area contributed by atoms with Crippen molar-refractivity contribution < 1.29 is 4.79 Å². The maximum absolute atomic E-state index is 12.5. The molecule has 1 heterocycles. The van der Waals surface area contributed by atoms with E-state index in [9.17, 15) is 4.79 Å². The average Bonchev–Trinajstić information content (AvgIpc) is 3.26. The van der Waals surface area contributed by atoms with Crippen molar-refractivity contribution in [2.75, 3.05) is 0 Å². The molecule has 5 nitrogen and oxygen atoms in total. The monoisotopic (exact) mass is 372 g/mol. The van der Waals surface area contributed by atoms with Gasteiger partial charge in [-0.3, -0.25) is 4.79 Å². The van der Waals surface area contributed by atoms with E-state index in [1.807, 2.05) is 13.0 Å². The van der Waals surface area contributed by atoms with Gasteiger partial charge in [-0.25, -0.2) is 0 Å². The quantitative estimate of drug-likeness (QED) is 0.740. The molecule has 0 bridgehead atoms. The zero-order valence-electron chi connectivity index (χ0n) is 15.9. The van der Waals surface area contributed by atoms with Gasteiger partial charge in [0.25, 0.3) is 0 Å². The summed E-state index contributed by atoms with van der Waals surface area (Å²) in [7, 11) is 0. The van der Waals surface area contributed by atoms with Gasteiger partial charge in [-0.1, -0.05) is 55.3 Å². The van der Waals surface area contributed by atoms with E-state index < -0.39 is 0 Å². The predicted molar refractivity (Wildman–Crippen MR) is 106 cm³/mol. The lowest BCUT2D eigenvalue weighted by atomic mass is 10.1. The molecule has 1 aliphatic carbocycles. The number of aryl methyl sites for hydroxylation is 1. The number of benzene rings is 1. The summed E-state index contributed by atoms with van der Waals surface area (Å²) in [6.07, 6.45) is 5.64. The first-order valence-corrected chi connectivity index (χ1v) is 10.4. The highest BCUT2D eigenvalue weighted by atomic mass is 32.2. The third-order valence-electron chi connectivity index (χ3n) is 4.79. The summed E-state index contributed by atoms with van der Waals surface area (Å²) >= 11 is 1.50. The normalized spacial score (nSPS) is 16.0. The summed E-state index contributed by atoms with van der Waals surface area (Å²) < 4.78 is 2.14. The van der Waals surface area contributed by atoms with Crippen LogP contribution in [0, 0.1) is 6.92 Å². The molecule has 6 heteroatoms. The number of carbonyl (C=O) groups excluding carboxylic acids is 1. The highest BCUT2D eigenvalue weighted by Gasteiger charge is 2.24. The van der Waals surface area contributed by atoms with Gasteiger partial charge in [-0.15, -0.1) is 10.2 Å². The van der Waals surface area contributed by atoms with Crippen LogP contribution in [0.1, 0.15) is 51.5 Å². The molecule has 2 aromatic rings. The minimum atomic E-state index is -0.180. The number of nitrogens with one attached hydrogen (secondary N) is 1. The number of aromatic nitrogens is 3. The first-order valence-electron chi connectivity index (χ1n) is 9.55. The lowest BCUT2D eigenvalue weighted by molar-refractivity contribution is -0.120. The van der Waals surface area contributed by atoms with E-state index in [2.05, 4.69) is 52.1 Å². The van der Waals surface area contributed by atoms with Gasteiger partial charge in [0.15, 0.2) is 11.0 Å². The molecule has 0 radical (unpaired) electrons. The van der Waals surface area contributed by atoms with E-state index in [1.54, 1.807) is 0 Å². The van der Waals surface area contributed by atoms with Gasteiger partial charge in [-0.2, -0.15) is 0 Å². The van der Waals surface area contributed by atoms with Crippen molar-refractivity contribution in [3.8, 4) is 11.4 Å². The second kappa shape index (κ2) is 8.71. The maximum atomic E-state index is 12.5. The van der Waals surface area contributed by atoms with Crippen molar-refractivity contribution in [3.05, 3.63) is 29.8 Å². The molecule has 3 rings (SSSR count). The van der Waals surface area contributed by atoms with E-state index in [0.717, 1.165) is 42.4 Å². The standard InChI is InChI=1S/C20H28N4OS/c1-4-12-24-18(16-9-7-8-14(2)13-16)22-23-20(24)26-15(3)19(25)21-17-10-5-6-11-17/h7-9,13,15,17H,4-6,10-12H2,1-3H3,(H,21,25). The number of amides is 1. The molecule has 1 fully saturated rings. The smallest absolute Gasteiger partial charge is 0.233 e. The SMILES string of the molecule is CCCn1c(SC(C)C(=O)NC2CCCC2)nnc1-c1cccc(C)c1. The number of hydrogen-bond acceptors (Lipinski definition) is 4. The molecular weight excluding hydrogens is 344 g/mol. The largest absolute Gasteiger partial charge is 0.352 e. The van der Waals surface area contributed by atoms with Crippen molar-refractivity contribution in [3.63, 3.8) is 0 Å². The van der Waals surface area contributed by atoms with Crippen LogP contribution in [0.4, 0.5) is 0 Å². The fourth-order valence-electron chi connectivity index (χ4n) is 3.40. The van der Waals surface area contributed by atoms with Crippen LogP contribution < -0.4 is 5.32 Å². The summed E-state index contributed by atoms with van der Waals surface area (Å²) in [5.74, 6) is 0.978. The highest BCUT2D eigenvalue weighted by Crippen LogP contribution is 2.28. The van der Waals surface area contributed by atoms with Gasteiger partial charge >= 0.3 is 0 Å². The second-order valence-corrected chi connectivity index (χ2v) is 8.39. The van der Waals surface area contributed by atoms with Crippen LogP contribution in [-0.2, 0) is 11.3 Å². The number of hydrogen-bond donors (Lipinski definition) is 1. The molecule has 1 aliphatic rings. The fraction of sp³-hybridized carbons (Fsp3) is 0.550. The molecule has 26 heavy (non-hydrogen) atoms. The van der Waals surface area contributed by atoms with Gasteiger partial charge in [-0.05, 0) is 39.2 Å². The third-order valence-corrected chi connectivity index (χ3v) is 5.87. The molecule has 1 unspecified atom stereocenters. The van der Waals surface area contributed by atoms with Crippen LogP contribution in [0.15, 0.2) is 29.4 Å². The van der Waals surface area contributed by atoms with Gasteiger partial charge in [0.2, 0.25) is 5.91 Å². The zero-order valence-corrected chi connectivity index (χ0v) is 16.7. The topological polar surface area (TPSA) is 59.8 Å². The predicted octanol–water partition coefficient (Wildman–Crippen LogP) is 4.20. The minimum absolute atomic E-state index is 0.102. The maximum Gasteiger partial charge on any atom is 0.233 e. The highest BCUT2D eigenvalue weighted by molar-refractivity contribution is 8.00. The molecule has 1 amide bonds. The van der Waals surface area contributed by atoms with Crippen LogP contribution in [0.3, 0.4) is 0 Å². The summed E-state index contributed by atoms with van der Waals surface area (Å²) in [4.78, 5) is 12.5. The van der Waals surface area contributed by atoms with Crippen LogP contribution in [0.25, 0.3) is 11.4 Å². The molecule has 1 aromatic carbocycles. The number of rotatable bonds is 7. The van der Waals surface area contributed by atoms with E-state index >= 15 is 0 Å². The molecule has 1 aromatic heterocycles. The van der Waals surface area contributed by atoms with Crippen molar-refractivity contribution in [1.29, 1.82) is 0 Å². The minimum Gasteiger partial charge on any atom is -0.352 e. The second-order valence-electron chi connectivity index (χ2n) is 7.08. The Balaban J connectivity index is 1.75. The molecule has 0 saturated heterocycles. The van der Waals surface area contributed by atoms with E-state index in [0.29, 0.717) is 6.04 Å². The lowest BCUT2D eigenvalue weighted by Gasteiger charge is -2.16. The van der Waals surface area contributed by atoms with Crippen LogP contribution in [-0.4, -0.2) is 32.0 Å². The molecule has 1 atom stereocenters. The Bertz CT molecular complexity index is 752. The lowest BCUT2D eigenvalue weighted by Crippen LogP contribution is -2.37. The Morgan fingerprint density at radius 3 is 2.81 bits per heavy atom. The summed E-state index contributed by atoms with van der Waals surface area (Å²) in [6, 6.07) is 8.66. The van der Waals surface area contributed by atoms with Crippen LogP contribution >= 0.6 is 11.8 Å². The van der Waals surface area contributed by atoms with Crippen molar-refractivity contribution in [2.45, 2.75) is 75.9 Å². The van der Waals surface area contributed by atoms with Crippen LogP contribution in [0.5, 0.6) is 0 Å². The van der Waals surface area contributed by atoms with E-state index in [4.69, 9.17) is 0 Å². The number of carbonyl (C=O) groups is 1. The third kappa shape index (κ3) is 4.47. The Morgan fingerprint density at radius 2 is 2.12 bits per heavy atom. The van der Waals surface area contributed by atoms with Crippen LogP contribution in [0.2, 0.25) is 0 Å². The molecule has 0 spiro atoms. The summed E-state index contributed by atoms with van der Waals surface area (Å²) in [5.41, 5.74) is 2.27. The Kier molecular flexibility index (Phi) is 6.35. The van der Waals surface area contributed by atoms with Gasteiger partial charge < -0.3 is 9.88 Å². The Morgan fingerprint density at radius 1 is 1.35 bits per heavy atom. The van der Waals surface area contributed by atoms with E-state index in [-0.39, 0.29) is 11.2 Å². The molecule has 140 valence electrons. The first kappa shape index (κ1) is 19.0. The van der Waals surface area contributed by atoms with Crippen molar-refractivity contribution in [2.24, 2.45) is 0 Å². The molecular formula is C20H28N4OS. The molecule has 0 aliphatic heterocycles. The fourth-order valence-corrected chi connectivity index (χ4v) is 4.28. The molecule has 1 saturated carbocycles. The summed E-state index contributed by atoms with van der Waals surface area (Å²) in [6.45, 7) is 7.02. The Labute approximate surface area is 160 Å². The average molecular weight is 373 g/mol.